The van der Waals surface area contributed by atoms with Crippen LogP contribution in [0, 0.1) is 5.92 Å². The Morgan fingerprint density at radius 3 is 2.55 bits per heavy atom. The molecule has 8 nitrogen and oxygen atoms in total. The molecule has 2 aliphatic rings. The van der Waals surface area contributed by atoms with E-state index in [4.69, 9.17) is 14.2 Å². The highest BCUT2D eigenvalue weighted by Gasteiger charge is 2.38. The molecule has 1 aliphatic heterocycles. The molecule has 1 aliphatic carbocycles. The van der Waals surface area contributed by atoms with Gasteiger partial charge < -0.3 is 24.4 Å². The molecule has 2 atom stereocenters. The van der Waals surface area contributed by atoms with Crippen LogP contribution in [0.1, 0.15) is 39.0 Å². The molecule has 1 N–H and O–H groups in total. The summed E-state index contributed by atoms with van der Waals surface area (Å²) in [7, 11) is 3.06. The van der Waals surface area contributed by atoms with Gasteiger partial charge in [0.2, 0.25) is 5.91 Å². The van der Waals surface area contributed by atoms with Crippen LogP contribution in [0.25, 0.3) is 0 Å². The van der Waals surface area contributed by atoms with Crippen molar-refractivity contribution in [1.29, 1.82) is 0 Å². The van der Waals surface area contributed by atoms with Gasteiger partial charge in [-0.1, -0.05) is 12.8 Å². The largest absolute Gasteiger partial charge is 0.497 e. The summed E-state index contributed by atoms with van der Waals surface area (Å²) < 4.78 is 15.9. The van der Waals surface area contributed by atoms with E-state index >= 15 is 0 Å². The first kappa shape index (κ1) is 21.0. The van der Waals surface area contributed by atoms with Crippen LogP contribution >= 0.6 is 0 Å². The molecule has 0 spiro atoms. The van der Waals surface area contributed by atoms with Crippen LogP contribution in [-0.2, 0) is 19.1 Å². The molecule has 2 fully saturated rings. The molecule has 1 aromatic carbocycles. The van der Waals surface area contributed by atoms with Gasteiger partial charge >= 0.3 is 5.97 Å². The zero-order valence-corrected chi connectivity index (χ0v) is 17.1. The summed E-state index contributed by atoms with van der Waals surface area (Å²) in [6.07, 6.45) is 3.28. The second kappa shape index (κ2) is 9.15. The molecule has 8 heteroatoms. The Hall–Kier alpha value is -2.77. The molecular formula is C21H28N2O6. The van der Waals surface area contributed by atoms with Crippen molar-refractivity contribution in [2.75, 3.05) is 25.7 Å². The molecule has 29 heavy (non-hydrogen) atoms. The van der Waals surface area contributed by atoms with Crippen molar-refractivity contribution in [2.24, 2.45) is 5.92 Å². The SMILES string of the molecule is COc1ccc(N2C[C@H](C(=O)O[C@@H](C)C(=O)NC3CCCC3)CC2=O)c(OC)c1. The molecule has 1 heterocycles. The third kappa shape index (κ3) is 4.81. The van der Waals surface area contributed by atoms with E-state index in [1.807, 2.05) is 0 Å². The first-order valence-corrected chi connectivity index (χ1v) is 9.96. The number of hydrogen-bond donors (Lipinski definition) is 1. The van der Waals surface area contributed by atoms with Gasteiger partial charge in [0.05, 0.1) is 25.8 Å². The molecule has 3 rings (SSSR count). The van der Waals surface area contributed by atoms with Crippen molar-refractivity contribution in [1.82, 2.24) is 5.32 Å². The van der Waals surface area contributed by atoms with E-state index in [0.29, 0.717) is 17.2 Å². The van der Waals surface area contributed by atoms with Crippen molar-refractivity contribution in [3.8, 4) is 11.5 Å². The van der Waals surface area contributed by atoms with E-state index in [2.05, 4.69) is 5.32 Å². The van der Waals surface area contributed by atoms with Crippen LogP contribution in [0.4, 0.5) is 5.69 Å². The number of rotatable bonds is 7. The lowest BCUT2D eigenvalue weighted by Gasteiger charge is -2.21. The number of nitrogens with zero attached hydrogens (tertiary/aromatic N) is 1. The fraction of sp³-hybridized carbons (Fsp3) is 0.571. The Balaban J connectivity index is 1.60. The highest BCUT2D eigenvalue weighted by atomic mass is 16.5. The van der Waals surface area contributed by atoms with Crippen LogP contribution in [0.3, 0.4) is 0 Å². The van der Waals surface area contributed by atoms with Crippen molar-refractivity contribution >= 4 is 23.5 Å². The number of carbonyl (C=O) groups is 3. The summed E-state index contributed by atoms with van der Waals surface area (Å²) in [6.45, 7) is 1.74. The number of esters is 1. The Morgan fingerprint density at radius 2 is 1.90 bits per heavy atom. The molecule has 158 valence electrons. The molecule has 2 amide bonds. The van der Waals surface area contributed by atoms with Crippen LogP contribution < -0.4 is 19.7 Å². The smallest absolute Gasteiger partial charge is 0.312 e. The maximum Gasteiger partial charge on any atom is 0.312 e. The number of methoxy groups -OCH3 is 2. The summed E-state index contributed by atoms with van der Waals surface area (Å²) in [6, 6.07) is 5.30. The van der Waals surface area contributed by atoms with Gasteiger partial charge in [0, 0.05) is 25.1 Å². The quantitative estimate of drug-likeness (QED) is 0.699. The van der Waals surface area contributed by atoms with Crippen molar-refractivity contribution in [2.45, 2.75) is 51.2 Å². The first-order valence-electron chi connectivity index (χ1n) is 9.96. The molecule has 0 aromatic heterocycles. The molecule has 1 saturated carbocycles. The van der Waals surface area contributed by atoms with Gasteiger partial charge in [-0.15, -0.1) is 0 Å². The van der Waals surface area contributed by atoms with Crippen LogP contribution in [0.2, 0.25) is 0 Å². The fourth-order valence-corrected chi connectivity index (χ4v) is 3.82. The van der Waals surface area contributed by atoms with Gasteiger partial charge in [-0.05, 0) is 31.9 Å². The number of benzene rings is 1. The topological polar surface area (TPSA) is 94.2 Å². The maximum atomic E-state index is 12.5. The Kier molecular flexibility index (Phi) is 6.61. The van der Waals surface area contributed by atoms with Crippen LogP contribution in [-0.4, -0.2) is 50.7 Å². The number of amides is 2. The minimum absolute atomic E-state index is 0.0327. The molecule has 1 saturated heterocycles. The molecule has 0 unspecified atom stereocenters. The predicted octanol–water partition coefficient (Wildman–Crippen LogP) is 2.05. The third-order valence-electron chi connectivity index (χ3n) is 5.50. The molecule has 1 aromatic rings. The minimum Gasteiger partial charge on any atom is -0.497 e. The van der Waals surface area contributed by atoms with E-state index in [1.54, 1.807) is 32.2 Å². The van der Waals surface area contributed by atoms with Gasteiger partial charge in [-0.3, -0.25) is 14.4 Å². The second-order valence-electron chi connectivity index (χ2n) is 7.51. The summed E-state index contributed by atoms with van der Waals surface area (Å²) in [5.74, 6) is -0.563. The first-order chi connectivity index (χ1) is 13.9. The third-order valence-corrected chi connectivity index (χ3v) is 5.50. The van der Waals surface area contributed by atoms with E-state index in [9.17, 15) is 14.4 Å². The lowest BCUT2D eigenvalue weighted by atomic mass is 10.1. The van der Waals surface area contributed by atoms with Gasteiger partial charge in [-0.25, -0.2) is 0 Å². The number of hydrogen-bond acceptors (Lipinski definition) is 6. The highest BCUT2D eigenvalue weighted by molar-refractivity contribution is 6.01. The van der Waals surface area contributed by atoms with E-state index in [0.717, 1.165) is 25.7 Å². The van der Waals surface area contributed by atoms with Crippen LogP contribution in [0.5, 0.6) is 11.5 Å². The van der Waals surface area contributed by atoms with Gasteiger partial charge in [0.25, 0.3) is 5.91 Å². The Morgan fingerprint density at radius 1 is 1.17 bits per heavy atom. The molecule has 0 bridgehead atoms. The summed E-state index contributed by atoms with van der Waals surface area (Å²) in [4.78, 5) is 38.8. The average Bonchev–Trinajstić information content (AvgIpc) is 3.36. The lowest BCUT2D eigenvalue weighted by molar-refractivity contribution is -0.158. The maximum absolute atomic E-state index is 12.5. The zero-order valence-electron chi connectivity index (χ0n) is 17.1. The predicted molar refractivity (Wildman–Crippen MR) is 106 cm³/mol. The number of carbonyl (C=O) groups excluding carboxylic acids is 3. The Labute approximate surface area is 170 Å². The standard InChI is InChI=1S/C21H28N2O6/c1-13(20(25)22-15-6-4-5-7-15)29-21(26)14-10-19(24)23(12-14)17-9-8-16(27-2)11-18(17)28-3/h8-9,11,13-15H,4-7,10,12H2,1-3H3,(H,22,25)/t13-,14+/m0/s1. The zero-order chi connectivity index (χ0) is 21.0. The van der Waals surface area contributed by atoms with Gasteiger partial charge in [0.15, 0.2) is 6.10 Å². The second-order valence-corrected chi connectivity index (χ2v) is 7.51. The van der Waals surface area contributed by atoms with Gasteiger partial charge in [0.1, 0.15) is 11.5 Å². The lowest BCUT2D eigenvalue weighted by Crippen LogP contribution is -2.41. The number of nitrogens with one attached hydrogen (secondary N) is 1. The summed E-state index contributed by atoms with van der Waals surface area (Å²) in [5.41, 5.74) is 0.570. The van der Waals surface area contributed by atoms with Crippen molar-refractivity contribution < 1.29 is 28.6 Å². The van der Waals surface area contributed by atoms with E-state index in [-0.39, 0.29) is 30.8 Å². The van der Waals surface area contributed by atoms with Crippen molar-refractivity contribution in [3.63, 3.8) is 0 Å². The fourth-order valence-electron chi connectivity index (χ4n) is 3.82. The highest BCUT2D eigenvalue weighted by Crippen LogP contribution is 2.36. The van der Waals surface area contributed by atoms with Gasteiger partial charge in [-0.2, -0.15) is 0 Å². The average molecular weight is 404 g/mol. The Bertz CT molecular complexity index is 774. The normalized spacial score (nSPS) is 20.4. The minimum atomic E-state index is -0.886. The summed E-state index contributed by atoms with van der Waals surface area (Å²) in [5, 5.41) is 2.92. The van der Waals surface area contributed by atoms with Crippen molar-refractivity contribution in [3.05, 3.63) is 18.2 Å². The van der Waals surface area contributed by atoms with E-state index in [1.165, 1.54) is 12.0 Å². The van der Waals surface area contributed by atoms with E-state index < -0.39 is 18.0 Å². The monoisotopic (exact) mass is 404 g/mol. The van der Waals surface area contributed by atoms with Crippen LogP contribution in [0.15, 0.2) is 18.2 Å². The number of ether oxygens (including phenoxy) is 3. The number of anilines is 1. The molecule has 0 radical (unpaired) electrons. The molecular weight excluding hydrogens is 376 g/mol. The summed E-state index contributed by atoms with van der Waals surface area (Å²) >= 11 is 0.